The molecule has 3 atom stereocenters. The number of nitrogens with one attached hydrogen (secondary N) is 1. The predicted molar refractivity (Wildman–Crippen MR) is 233 cm³/mol. The van der Waals surface area contributed by atoms with Crippen LogP contribution in [0, 0.1) is 5.92 Å². The molecule has 2 aromatic heterocycles. The quantitative estimate of drug-likeness (QED) is 0.101. The molecule has 316 valence electrons. The monoisotopic (exact) mass is 834 g/mol. The van der Waals surface area contributed by atoms with Crippen LogP contribution in [0.4, 0.5) is 22.1 Å². The fourth-order valence-electron chi connectivity index (χ4n) is 7.44. The Kier molecular flexibility index (Phi) is 12.2. The highest BCUT2D eigenvalue weighted by atomic mass is 16.6. The van der Waals surface area contributed by atoms with Gasteiger partial charge >= 0.3 is 6.09 Å². The third kappa shape index (κ3) is 8.43. The first-order valence-corrected chi connectivity index (χ1v) is 20.2. The van der Waals surface area contributed by atoms with E-state index in [-0.39, 0.29) is 41.9 Å². The van der Waals surface area contributed by atoms with Gasteiger partial charge in [0.25, 0.3) is 5.88 Å². The number of hydrogen-bond acceptors (Lipinski definition) is 11. The lowest BCUT2D eigenvalue weighted by Gasteiger charge is -2.37. The highest BCUT2D eigenvalue weighted by Crippen LogP contribution is 2.43. The van der Waals surface area contributed by atoms with E-state index in [1.165, 1.54) is 11.2 Å². The number of aliphatic hydroxyl groups is 1. The van der Waals surface area contributed by atoms with E-state index in [0.29, 0.717) is 22.9 Å². The molecule has 7 aromatic rings. The first kappa shape index (κ1) is 41.6. The molecule has 0 unspecified atom stereocenters. The summed E-state index contributed by atoms with van der Waals surface area (Å²) in [5.74, 6) is 0.354. The SMILES string of the molecule is COc1ccc(C(OC[C@H]2O[C@@H](n3cnc4c(OC(=O)N(c5ccccc5)c5ccccc5)nc(NC(=O)C(C)C)nc43)C[C@@H]2O)(c2ccccc2)c2ccc(OC)cc2)cc1. The highest BCUT2D eigenvalue weighted by Gasteiger charge is 2.42. The van der Waals surface area contributed by atoms with Crippen LogP contribution in [0.1, 0.15) is 43.2 Å². The topological polar surface area (TPSA) is 159 Å². The molecule has 2 N–H and O–H groups in total. The number of amides is 2. The first-order chi connectivity index (χ1) is 30.2. The zero-order valence-electron chi connectivity index (χ0n) is 34.6. The second-order valence-electron chi connectivity index (χ2n) is 14.9. The minimum Gasteiger partial charge on any atom is -0.497 e. The number of anilines is 3. The number of hydrogen-bond donors (Lipinski definition) is 2. The van der Waals surface area contributed by atoms with Crippen molar-refractivity contribution in [3.8, 4) is 17.4 Å². The molecule has 8 rings (SSSR count). The summed E-state index contributed by atoms with van der Waals surface area (Å²) in [7, 11) is 3.23. The van der Waals surface area contributed by atoms with Gasteiger partial charge in [-0.1, -0.05) is 105 Å². The van der Waals surface area contributed by atoms with Crippen LogP contribution in [0.5, 0.6) is 17.4 Å². The molecule has 14 heteroatoms. The summed E-state index contributed by atoms with van der Waals surface area (Å²) in [6, 6.07) is 43.3. The van der Waals surface area contributed by atoms with E-state index in [9.17, 15) is 14.7 Å². The Morgan fingerprint density at radius 1 is 0.790 bits per heavy atom. The fourth-order valence-corrected chi connectivity index (χ4v) is 7.44. The normalized spacial score (nSPS) is 16.3. The summed E-state index contributed by atoms with van der Waals surface area (Å²) in [4.78, 5) is 42.1. The number of rotatable bonds is 14. The molecule has 14 nitrogen and oxygen atoms in total. The third-order valence-electron chi connectivity index (χ3n) is 10.7. The second kappa shape index (κ2) is 18.2. The molecule has 1 aliphatic rings. The molecule has 1 saturated heterocycles. The summed E-state index contributed by atoms with van der Waals surface area (Å²) in [6.45, 7) is 3.45. The zero-order chi connectivity index (χ0) is 43.2. The number of nitrogens with zero attached hydrogens (tertiary/aromatic N) is 5. The molecule has 0 saturated carbocycles. The molecule has 0 spiro atoms. The Hall–Kier alpha value is -7.13. The summed E-state index contributed by atoms with van der Waals surface area (Å²) < 4.78 is 32.3. The smallest absolute Gasteiger partial charge is 0.425 e. The van der Waals surface area contributed by atoms with Gasteiger partial charge in [-0.25, -0.2) is 14.7 Å². The number of aliphatic hydroxyl groups excluding tert-OH is 1. The van der Waals surface area contributed by atoms with Crippen molar-refractivity contribution in [2.24, 2.45) is 5.92 Å². The number of imidazole rings is 1. The molecule has 1 aliphatic heterocycles. The maximum absolute atomic E-state index is 14.1. The summed E-state index contributed by atoms with van der Waals surface area (Å²) in [5, 5.41) is 14.4. The molecule has 0 radical (unpaired) electrons. The van der Waals surface area contributed by atoms with Gasteiger partial charge in [-0.05, 0) is 65.2 Å². The van der Waals surface area contributed by atoms with E-state index in [0.717, 1.165) is 16.7 Å². The van der Waals surface area contributed by atoms with Crippen LogP contribution in [0.15, 0.2) is 146 Å². The lowest BCUT2D eigenvalue weighted by molar-refractivity contribution is -0.118. The minimum absolute atomic E-state index is 0.0282. The zero-order valence-corrected chi connectivity index (χ0v) is 34.6. The van der Waals surface area contributed by atoms with E-state index in [1.807, 2.05) is 115 Å². The Balaban J connectivity index is 1.13. The molecule has 3 heterocycles. The number of carbonyl (C=O) groups is 2. The van der Waals surface area contributed by atoms with Gasteiger partial charge in [-0.15, -0.1) is 0 Å². The highest BCUT2D eigenvalue weighted by molar-refractivity contribution is 5.98. The average molecular weight is 835 g/mol. The van der Waals surface area contributed by atoms with Crippen molar-refractivity contribution in [1.82, 2.24) is 19.5 Å². The van der Waals surface area contributed by atoms with Crippen LogP contribution in [-0.4, -0.2) is 69.7 Å². The van der Waals surface area contributed by atoms with Crippen molar-refractivity contribution >= 4 is 40.5 Å². The standard InChI is InChI=1S/C48H46N6O8/c1-31(2)44(56)51-46-50-43-42(45(52-46)62-47(57)54(35-16-10-6-11-17-35)36-18-12-7-13-19-36)49-30-53(43)41-28-39(55)40(61-41)29-60-48(32-14-8-5-9-15-32,33-20-24-37(58-3)25-21-33)34-22-26-38(59-4)27-23-34/h5-27,30-31,39-41,55H,28-29H2,1-4H3,(H,50,51,52,56)/t39-,40+,41+/m0/s1. The summed E-state index contributed by atoms with van der Waals surface area (Å²) >= 11 is 0. The van der Waals surface area contributed by atoms with E-state index in [1.54, 1.807) is 56.9 Å². The number of fused-ring (bicyclic) bond motifs is 1. The Morgan fingerprint density at radius 3 is 1.85 bits per heavy atom. The van der Waals surface area contributed by atoms with Gasteiger partial charge in [-0.3, -0.25) is 14.7 Å². The van der Waals surface area contributed by atoms with Crippen molar-refractivity contribution in [2.45, 2.75) is 44.3 Å². The number of ether oxygens (including phenoxy) is 5. The minimum atomic E-state index is -1.15. The summed E-state index contributed by atoms with van der Waals surface area (Å²) in [6.07, 6.45) is -1.69. The molecule has 2 amide bonds. The third-order valence-corrected chi connectivity index (χ3v) is 10.7. The van der Waals surface area contributed by atoms with Gasteiger partial charge in [0.15, 0.2) is 11.2 Å². The first-order valence-electron chi connectivity index (χ1n) is 20.2. The van der Waals surface area contributed by atoms with Crippen molar-refractivity contribution in [3.05, 3.63) is 163 Å². The van der Waals surface area contributed by atoms with Gasteiger partial charge in [0.1, 0.15) is 29.4 Å². The number of para-hydroxylation sites is 2. The lowest BCUT2D eigenvalue weighted by Crippen LogP contribution is -2.38. The Bertz CT molecular complexity index is 2520. The molecule has 0 bridgehead atoms. The van der Waals surface area contributed by atoms with Gasteiger partial charge in [-0.2, -0.15) is 9.97 Å². The van der Waals surface area contributed by atoms with Crippen molar-refractivity contribution in [1.29, 1.82) is 0 Å². The van der Waals surface area contributed by atoms with Crippen LogP contribution in [0.2, 0.25) is 0 Å². The van der Waals surface area contributed by atoms with E-state index in [4.69, 9.17) is 23.7 Å². The van der Waals surface area contributed by atoms with Crippen LogP contribution < -0.4 is 24.4 Å². The summed E-state index contributed by atoms with van der Waals surface area (Å²) in [5.41, 5.74) is 2.83. The molecule has 62 heavy (non-hydrogen) atoms. The van der Waals surface area contributed by atoms with Crippen molar-refractivity contribution < 1.29 is 38.4 Å². The molecule has 1 fully saturated rings. The van der Waals surface area contributed by atoms with Gasteiger partial charge in [0, 0.05) is 12.3 Å². The fraction of sp³-hybridized carbons (Fsp3) is 0.229. The maximum atomic E-state index is 14.1. The molecule has 0 aliphatic carbocycles. The van der Waals surface area contributed by atoms with Gasteiger partial charge in [0.05, 0.1) is 44.6 Å². The van der Waals surface area contributed by atoms with Crippen molar-refractivity contribution in [2.75, 3.05) is 31.0 Å². The predicted octanol–water partition coefficient (Wildman–Crippen LogP) is 8.43. The molecule has 5 aromatic carbocycles. The lowest BCUT2D eigenvalue weighted by atomic mass is 9.80. The van der Waals surface area contributed by atoms with Crippen LogP contribution in [0.3, 0.4) is 0 Å². The van der Waals surface area contributed by atoms with Gasteiger partial charge in [0.2, 0.25) is 11.9 Å². The average Bonchev–Trinajstić information content (AvgIpc) is 3.91. The number of benzene rings is 5. The van der Waals surface area contributed by atoms with E-state index < -0.39 is 36.0 Å². The van der Waals surface area contributed by atoms with Crippen molar-refractivity contribution in [3.63, 3.8) is 0 Å². The Labute approximate surface area is 358 Å². The number of carbonyl (C=O) groups excluding carboxylic acids is 2. The van der Waals surface area contributed by atoms with E-state index >= 15 is 0 Å². The Morgan fingerprint density at radius 2 is 1.32 bits per heavy atom. The molecular weight excluding hydrogens is 789 g/mol. The van der Waals surface area contributed by atoms with Crippen LogP contribution >= 0.6 is 0 Å². The van der Waals surface area contributed by atoms with Crippen LogP contribution in [0.25, 0.3) is 11.2 Å². The number of aromatic nitrogens is 4. The van der Waals surface area contributed by atoms with Gasteiger partial charge < -0.3 is 28.8 Å². The number of methoxy groups -OCH3 is 2. The maximum Gasteiger partial charge on any atom is 0.425 e. The second-order valence-corrected chi connectivity index (χ2v) is 14.9. The molecular formula is C48H46N6O8. The largest absolute Gasteiger partial charge is 0.497 e. The van der Waals surface area contributed by atoms with E-state index in [2.05, 4.69) is 20.3 Å². The van der Waals surface area contributed by atoms with Crippen LogP contribution in [-0.2, 0) is 19.9 Å².